The van der Waals surface area contributed by atoms with Gasteiger partial charge in [-0.25, -0.2) is 18.3 Å². The van der Waals surface area contributed by atoms with Crippen LogP contribution in [0.1, 0.15) is 33.9 Å². The molecule has 3 N–H and O–H groups in total. The Morgan fingerprint density at radius 3 is 3.04 bits per heavy atom. The second-order valence-corrected chi connectivity index (χ2v) is 7.70. The molecule has 28 heavy (non-hydrogen) atoms. The Morgan fingerprint density at radius 1 is 1.46 bits per heavy atom. The van der Waals surface area contributed by atoms with Crippen LogP contribution in [-0.4, -0.2) is 38.5 Å². The molecule has 0 aliphatic heterocycles. The normalized spacial score (nSPS) is 21.4. The van der Waals surface area contributed by atoms with Crippen molar-refractivity contribution in [1.29, 1.82) is 0 Å². The molecule has 144 valence electrons. The van der Waals surface area contributed by atoms with Crippen LogP contribution in [0.15, 0.2) is 30.6 Å². The molecule has 1 aliphatic rings. The number of carbonyl (C=O) groups is 1. The van der Waals surface area contributed by atoms with Gasteiger partial charge in [0.1, 0.15) is 16.6 Å². The van der Waals surface area contributed by atoms with E-state index in [2.05, 4.69) is 21.3 Å². The highest BCUT2D eigenvalue weighted by Crippen LogP contribution is 2.34. The van der Waals surface area contributed by atoms with Gasteiger partial charge in [0.25, 0.3) is 11.8 Å². The maximum absolute atomic E-state index is 14.2. The van der Waals surface area contributed by atoms with Gasteiger partial charge in [-0.15, -0.1) is 6.42 Å². The van der Waals surface area contributed by atoms with E-state index in [4.69, 9.17) is 12.2 Å². The van der Waals surface area contributed by atoms with Crippen molar-refractivity contribution in [3.8, 4) is 23.6 Å². The van der Waals surface area contributed by atoms with Gasteiger partial charge in [0.2, 0.25) is 0 Å². The molecule has 9 heteroatoms. The maximum atomic E-state index is 14.2. The van der Waals surface area contributed by atoms with Crippen LogP contribution in [0, 0.1) is 12.3 Å². The third-order valence-corrected chi connectivity index (χ3v) is 5.84. The number of pyridine rings is 1. The molecule has 2 atom stereocenters. The number of nitrogens with two attached hydrogens (primary N) is 1. The fraction of sp³-hybridized carbons (Fsp3) is 0.316. The number of fused-ring (bicyclic) bond motifs is 1. The third kappa shape index (κ3) is 3.15. The average Bonchev–Trinajstić information content (AvgIpc) is 3.28. The third-order valence-electron chi connectivity index (χ3n) is 4.85. The first-order valence-electron chi connectivity index (χ1n) is 8.75. The molecule has 0 spiro atoms. The summed E-state index contributed by atoms with van der Waals surface area (Å²) in [5.41, 5.74) is 7.70. The van der Waals surface area contributed by atoms with Crippen LogP contribution >= 0.6 is 11.3 Å². The summed E-state index contributed by atoms with van der Waals surface area (Å²) >= 11 is 0.982. The maximum Gasteiger partial charge on any atom is 0.280 e. The molecule has 0 aromatic carbocycles. The number of carbonyl (C=O) groups excluding carboxylic acids is 1. The molecule has 3 aromatic heterocycles. The number of nitrogens with zero attached hydrogens (tertiary/aromatic N) is 3. The molecule has 0 bridgehead atoms. The average molecular weight is 401 g/mol. The predicted molar refractivity (Wildman–Crippen MR) is 102 cm³/mol. The van der Waals surface area contributed by atoms with Crippen molar-refractivity contribution in [2.24, 2.45) is 5.73 Å². The molecule has 6 nitrogen and oxygen atoms in total. The number of amides is 1. The Hall–Kier alpha value is -2.83. The van der Waals surface area contributed by atoms with Crippen LogP contribution in [0.3, 0.4) is 0 Å². The number of hydrogen-bond acceptors (Lipinski definition) is 5. The Morgan fingerprint density at radius 2 is 2.29 bits per heavy atom. The van der Waals surface area contributed by atoms with Crippen molar-refractivity contribution in [2.45, 2.75) is 37.3 Å². The second-order valence-electron chi connectivity index (χ2n) is 6.70. The number of aromatic nitrogens is 3. The van der Waals surface area contributed by atoms with Crippen molar-refractivity contribution in [1.82, 2.24) is 19.9 Å². The lowest BCUT2D eigenvalue weighted by molar-refractivity contribution is -0.0674. The lowest BCUT2D eigenvalue weighted by Crippen LogP contribution is -2.59. The lowest BCUT2D eigenvalue weighted by atomic mass is 9.87. The summed E-state index contributed by atoms with van der Waals surface area (Å²) in [4.78, 5) is 17.4. The highest BCUT2D eigenvalue weighted by Gasteiger charge is 2.46. The quantitative estimate of drug-likeness (QED) is 0.661. The van der Waals surface area contributed by atoms with Crippen molar-refractivity contribution >= 4 is 22.8 Å². The summed E-state index contributed by atoms with van der Waals surface area (Å²) in [7, 11) is 0. The molecule has 1 aliphatic carbocycles. The molecular weight excluding hydrogens is 384 g/mol. The van der Waals surface area contributed by atoms with E-state index in [0.29, 0.717) is 29.0 Å². The monoisotopic (exact) mass is 401 g/mol. The number of terminal acetylenes is 1. The number of rotatable bonds is 3. The van der Waals surface area contributed by atoms with E-state index in [9.17, 15) is 13.6 Å². The minimum absolute atomic E-state index is 0.0202. The van der Waals surface area contributed by atoms with Crippen LogP contribution in [0.25, 0.3) is 16.8 Å². The summed E-state index contributed by atoms with van der Waals surface area (Å²) in [6, 6.07) is 3.30. The molecule has 4 rings (SSSR count). The predicted octanol–water partition coefficient (Wildman–Crippen LogP) is 2.68. The minimum Gasteiger partial charge on any atom is -0.340 e. The molecule has 1 fully saturated rings. The number of thiazole rings is 1. The Balaban J connectivity index is 1.66. The van der Waals surface area contributed by atoms with Gasteiger partial charge in [-0.05, 0) is 25.0 Å². The molecular formula is C19H17F2N5OS. The van der Waals surface area contributed by atoms with E-state index < -0.39 is 23.9 Å². The van der Waals surface area contributed by atoms with Crippen molar-refractivity contribution in [3.05, 3.63) is 40.5 Å². The van der Waals surface area contributed by atoms with Gasteiger partial charge in [0.15, 0.2) is 5.01 Å². The smallest absolute Gasteiger partial charge is 0.280 e. The summed E-state index contributed by atoms with van der Waals surface area (Å²) in [5, 5.41) is 6.63. The molecule has 3 heterocycles. The highest BCUT2D eigenvalue weighted by molar-refractivity contribution is 7.14. The number of alkyl halides is 2. The topological polar surface area (TPSA) is 85.3 Å². The van der Waals surface area contributed by atoms with Crippen LogP contribution < -0.4 is 11.1 Å². The SMILES string of the molecule is C#Cc1sc(C(=O)NC2C(N)CCCC2(F)F)nc1-c1cnn2ccccc12. The minimum atomic E-state index is -3.05. The first-order valence-corrected chi connectivity index (χ1v) is 9.57. The van der Waals surface area contributed by atoms with E-state index in [1.165, 1.54) is 0 Å². The molecule has 2 unspecified atom stereocenters. The van der Waals surface area contributed by atoms with Crippen molar-refractivity contribution in [2.75, 3.05) is 0 Å². The highest BCUT2D eigenvalue weighted by atomic mass is 32.1. The van der Waals surface area contributed by atoms with Crippen molar-refractivity contribution < 1.29 is 13.6 Å². The molecule has 1 amide bonds. The molecule has 1 saturated carbocycles. The van der Waals surface area contributed by atoms with Crippen LogP contribution in [-0.2, 0) is 0 Å². The fourth-order valence-corrected chi connectivity index (χ4v) is 4.23. The molecule has 3 aromatic rings. The number of nitrogens with one attached hydrogen (secondary N) is 1. The largest absolute Gasteiger partial charge is 0.340 e. The Labute approximate surface area is 163 Å². The Kier molecular flexibility index (Phi) is 4.61. The lowest BCUT2D eigenvalue weighted by Gasteiger charge is -2.36. The van der Waals surface area contributed by atoms with Gasteiger partial charge in [-0.3, -0.25) is 4.79 Å². The summed E-state index contributed by atoms with van der Waals surface area (Å²) in [6.07, 6.45) is 9.44. The fourth-order valence-electron chi connectivity index (χ4n) is 3.44. The Bertz CT molecular complexity index is 1080. The van der Waals surface area contributed by atoms with E-state index in [1.807, 2.05) is 18.2 Å². The van der Waals surface area contributed by atoms with Gasteiger partial charge in [-0.1, -0.05) is 23.3 Å². The number of halogens is 2. The number of hydrogen-bond donors (Lipinski definition) is 2. The molecule has 0 saturated heterocycles. The summed E-state index contributed by atoms with van der Waals surface area (Å²) < 4.78 is 30.0. The van der Waals surface area contributed by atoms with Gasteiger partial charge < -0.3 is 11.1 Å². The standard InChI is InChI=1S/C19H17F2N5OS/c1-2-14-15(11-10-23-26-9-4-3-7-13(11)26)24-18(28-14)17(27)25-16-12(22)6-5-8-19(16,20)21/h1,3-4,7,9-10,12,16H,5-6,8,22H2,(H,25,27). The van der Waals surface area contributed by atoms with Crippen molar-refractivity contribution in [3.63, 3.8) is 0 Å². The first kappa shape index (κ1) is 18.5. The summed E-state index contributed by atoms with van der Waals surface area (Å²) in [5.74, 6) is -1.23. The van der Waals surface area contributed by atoms with Crippen LogP contribution in [0.4, 0.5) is 8.78 Å². The summed E-state index contributed by atoms with van der Waals surface area (Å²) in [6.45, 7) is 0. The van der Waals surface area contributed by atoms with Gasteiger partial charge in [0, 0.05) is 24.2 Å². The van der Waals surface area contributed by atoms with Gasteiger partial charge in [0.05, 0.1) is 11.7 Å². The van der Waals surface area contributed by atoms with E-state index in [-0.39, 0.29) is 11.4 Å². The second kappa shape index (κ2) is 6.96. The van der Waals surface area contributed by atoms with Gasteiger partial charge >= 0.3 is 0 Å². The molecule has 0 radical (unpaired) electrons. The zero-order chi connectivity index (χ0) is 19.9. The van der Waals surface area contributed by atoms with Crippen LogP contribution in [0.2, 0.25) is 0 Å². The zero-order valence-corrected chi connectivity index (χ0v) is 15.5. The zero-order valence-electron chi connectivity index (χ0n) is 14.7. The first-order chi connectivity index (χ1) is 13.4. The van der Waals surface area contributed by atoms with Crippen LogP contribution in [0.5, 0.6) is 0 Å². The van der Waals surface area contributed by atoms with E-state index >= 15 is 0 Å². The van der Waals surface area contributed by atoms with E-state index in [1.54, 1.807) is 16.9 Å². The van der Waals surface area contributed by atoms with E-state index in [0.717, 1.165) is 16.9 Å². The van der Waals surface area contributed by atoms with Gasteiger partial charge in [-0.2, -0.15) is 5.10 Å².